The fraction of sp³-hybridized carbons (Fsp3) is 0.250. The van der Waals surface area contributed by atoms with Crippen LogP contribution in [0.25, 0.3) is 0 Å². The zero-order valence-electron chi connectivity index (χ0n) is 10.1. The van der Waals surface area contributed by atoms with E-state index in [2.05, 4.69) is 27.2 Å². The number of aromatic nitrogens is 3. The number of nitrogens with one attached hydrogen (secondary N) is 1. The van der Waals surface area contributed by atoms with Crippen LogP contribution in [-0.4, -0.2) is 21.2 Å². The number of rotatable bonds is 4. The molecule has 0 aromatic carbocycles. The lowest BCUT2D eigenvalue weighted by Gasteiger charge is -2.08. The van der Waals surface area contributed by atoms with Gasteiger partial charge in [0.2, 0.25) is 0 Å². The van der Waals surface area contributed by atoms with Crippen LogP contribution in [0, 0.1) is 6.92 Å². The molecular formula is C12H13ClN4S. The van der Waals surface area contributed by atoms with Crippen LogP contribution in [-0.2, 0) is 6.54 Å². The highest BCUT2D eigenvalue weighted by Crippen LogP contribution is 2.18. The Morgan fingerprint density at radius 3 is 2.94 bits per heavy atom. The summed E-state index contributed by atoms with van der Waals surface area (Å²) < 4.78 is 0. The second-order valence-corrected chi connectivity index (χ2v) is 4.88. The molecule has 2 rings (SSSR count). The molecule has 6 heteroatoms. The SMILES string of the molecule is CSc1nc(Cl)cc(NCc2cnccc2C)n1. The van der Waals surface area contributed by atoms with Crippen molar-refractivity contribution in [1.29, 1.82) is 0 Å². The van der Waals surface area contributed by atoms with Gasteiger partial charge in [0.25, 0.3) is 0 Å². The third-order valence-corrected chi connectivity index (χ3v) is 3.21. The average molecular weight is 281 g/mol. The van der Waals surface area contributed by atoms with Crippen molar-refractivity contribution in [2.24, 2.45) is 0 Å². The van der Waals surface area contributed by atoms with Crippen LogP contribution in [0.4, 0.5) is 5.82 Å². The van der Waals surface area contributed by atoms with Gasteiger partial charge in [-0.3, -0.25) is 4.98 Å². The van der Waals surface area contributed by atoms with Crippen molar-refractivity contribution >= 4 is 29.2 Å². The summed E-state index contributed by atoms with van der Waals surface area (Å²) in [5.41, 5.74) is 2.33. The summed E-state index contributed by atoms with van der Waals surface area (Å²) >= 11 is 7.39. The van der Waals surface area contributed by atoms with E-state index < -0.39 is 0 Å². The third-order valence-electron chi connectivity index (χ3n) is 2.46. The van der Waals surface area contributed by atoms with E-state index in [1.807, 2.05) is 18.5 Å². The lowest BCUT2D eigenvalue weighted by atomic mass is 10.1. The quantitative estimate of drug-likeness (QED) is 0.530. The van der Waals surface area contributed by atoms with Gasteiger partial charge in [0.15, 0.2) is 5.16 Å². The van der Waals surface area contributed by atoms with Gasteiger partial charge >= 0.3 is 0 Å². The third kappa shape index (κ3) is 3.34. The van der Waals surface area contributed by atoms with Crippen LogP contribution in [0.15, 0.2) is 29.7 Å². The van der Waals surface area contributed by atoms with Crippen LogP contribution in [0.3, 0.4) is 0 Å². The van der Waals surface area contributed by atoms with Crippen molar-refractivity contribution in [3.63, 3.8) is 0 Å². The lowest BCUT2D eigenvalue weighted by Crippen LogP contribution is -2.04. The predicted octanol–water partition coefficient (Wildman–Crippen LogP) is 3.17. The van der Waals surface area contributed by atoms with Crippen LogP contribution in [0.1, 0.15) is 11.1 Å². The number of pyridine rings is 1. The van der Waals surface area contributed by atoms with Gasteiger partial charge in [-0.25, -0.2) is 9.97 Å². The number of aryl methyl sites for hydroxylation is 1. The summed E-state index contributed by atoms with van der Waals surface area (Å²) in [5.74, 6) is 0.725. The Morgan fingerprint density at radius 2 is 2.22 bits per heavy atom. The first-order valence-corrected chi connectivity index (χ1v) is 7.01. The zero-order chi connectivity index (χ0) is 13.0. The van der Waals surface area contributed by atoms with Gasteiger partial charge in [0.05, 0.1) is 0 Å². The van der Waals surface area contributed by atoms with Crippen LogP contribution in [0.2, 0.25) is 5.15 Å². The average Bonchev–Trinajstić information content (AvgIpc) is 2.37. The highest BCUT2D eigenvalue weighted by Gasteiger charge is 2.03. The summed E-state index contributed by atoms with van der Waals surface area (Å²) in [6.45, 7) is 2.72. The van der Waals surface area contributed by atoms with Crippen molar-refractivity contribution < 1.29 is 0 Å². The molecule has 94 valence electrons. The maximum absolute atomic E-state index is 5.92. The molecule has 4 nitrogen and oxygen atoms in total. The van der Waals surface area contributed by atoms with E-state index in [4.69, 9.17) is 11.6 Å². The molecule has 2 heterocycles. The number of thioether (sulfide) groups is 1. The Bertz CT molecular complexity index is 547. The van der Waals surface area contributed by atoms with Crippen molar-refractivity contribution in [2.45, 2.75) is 18.6 Å². The maximum atomic E-state index is 5.92. The summed E-state index contributed by atoms with van der Waals surface area (Å²) in [7, 11) is 0. The maximum Gasteiger partial charge on any atom is 0.190 e. The molecule has 18 heavy (non-hydrogen) atoms. The molecule has 0 unspecified atom stereocenters. The first-order valence-electron chi connectivity index (χ1n) is 5.41. The van der Waals surface area contributed by atoms with Crippen LogP contribution in [0.5, 0.6) is 0 Å². The van der Waals surface area contributed by atoms with Gasteiger partial charge in [-0.05, 0) is 30.4 Å². The molecule has 2 aromatic heterocycles. The molecular weight excluding hydrogens is 268 g/mol. The molecule has 0 aliphatic heterocycles. The summed E-state index contributed by atoms with van der Waals surface area (Å²) in [5, 5.41) is 4.33. The first kappa shape index (κ1) is 13.1. The molecule has 0 radical (unpaired) electrons. The van der Waals surface area contributed by atoms with E-state index in [0.717, 1.165) is 11.4 Å². The van der Waals surface area contributed by atoms with Gasteiger partial charge in [-0.1, -0.05) is 23.4 Å². The highest BCUT2D eigenvalue weighted by atomic mass is 35.5. The molecule has 0 spiro atoms. The Balaban J connectivity index is 2.11. The van der Waals surface area contributed by atoms with Crippen molar-refractivity contribution in [3.05, 3.63) is 40.8 Å². The predicted molar refractivity (Wildman–Crippen MR) is 75.1 cm³/mol. The Morgan fingerprint density at radius 1 is 1.39 bits per heavy atom. The van der Waals surface area contributed by atoms with E-state index in [-0.39, 0.29) is 0 Å². The fourth-order valence-electron chi connectivity index (χ4n) is 1.45. The molecule has 0 atom stereocenters. The van der Waals surface area contributed by atoms with Crippen molar-refractivity contribution in [1.82, 2.24) is 15.0 Å². The number of hydrogen-bond acceptors (Lipinski definition) is 5. The molecule has 1 N–H and O–H groups in total. The van der Waals surface area contributed by atoms with E-state index in [1.54, 1.807) is 12.3 Å². The molecule has 0 amide bonds. The van der Waals surface area contributed by atoms with E-state index in [9.17, 15) is 0 Å². The number of anilines is 1. The fourth-order valence-corrected chi connectivity index (χ4v) is 2.06. The topological polar surface area (TPSA) is 50.7 Å². The van der Waals surface area contributed by atoms with Crippen molar-refractivity contribution in [2.75, 3.05) is 11.6 Å². The smallest absolute Gasteiger partial charge is 0.190 e. The van der Waals surface area contributed by atoms with Crippen molar-refractivity contribution in [3.8, 4) is 0 Å². The monoisotopic (exact) mass is 280 g/mol. The van der Waals surface area contributed by atoms with E-state index in [0.29, 0.717) is 16.9 Å². The molecule has 0 saturated heterocycles. The number of hydrogen-bond donors (Lipinski definition) is 1. The molecule has 0 bridgehead atoms. The van der Waals surface area contributed by atoms with E-state index >= 15 is 0 Å². The van der Waals surface area contributed by atoms with Gasteiger partial charge in [0.1, 0.15) is 11.0 Å². The minimum Gasteiger partial charge on any atom is -0.366 e. The summed E-state index contributed by atoms with van der Waals surface area (Å²) in [6, 6.07) is 3.70. The van der Waals surface area contributed by atoms with Crippen LogP contribution < -0.4 is 5.32 Å². The summed E-state index contributed by atoms with van der Waals surface area (Å²) in [4.78, 5) is 12.5. The second-order valence-electron chi connectivity index (χ2n) is 3.72. The van der Waals surface area contributed by atoms with Gasteiger partial charge in [0, 0.05) is 25.0 Å². The molecule has 0 saturated carbocycles. The Labute approximate surface area is 115 Å². The Kier molecular flexibility index (Phi) is 4.38. The lowest BCUT2D eigenvalue weighted by molar-refractivity contribution is 0.952. The minimum atomic E-state index is 0.444. The molecule has 2 aromatic rings. The van der Waals surface area contributed by atoms with Gasteiger partial charge in [-0.15, -0.1) is 0 Å². The van der Waals surface area contributed by atoms with Gasteiger partial charge in [-0.2, -0.15) is 0 Å². The normalized spacial score (nSPS) is 10.4. The Hall–Kier alpha value is -1.33. The van der Waals surface area contributed by atoms with Crippen LogP contribution >= 0.6 is 23.4 Å². The molecule has 0 aliphatic rings. The molecule has 0 fully saturated rings. The molecule has 0 aliphatic carbocycles. The van der Waals surface area contributed by atoms with Gasteiger partial charge < -0.3 is 5.32 Å². The summed E-state index contributed by atoms with van der Waals surface area (Å²) in [6.07, 6.45) is 5.55. The zero-order valence-corrected chi connectivity index (χ0v) is 11.7. The second kappa shape index (κ2) is 6.02. The first-order chi connectivity index (χ1) is 8.69. The number of halogens is 1. The standard InChI is InChI=1S/C12H13ClN4S/c1-8-3-4-14-6-9(8)7-15-11-5-10(13)16-12(17-11)18-2/h3-6H,7H2,1-2H3,(H,15,16,17). The number of nitrogens with zero attached hydrogens (tertiary/aromatic N) is 3. The minimum absolute atomic E-state index is 0.444. The largest absolute Gasteiger partial charge is 0.366 e. The highest BCUT2D eigenvalue weighted by molar-refractivity contribution is 7.98. The van der Waals surface area contributed by atoms with E-state index in [1.165, 1.54) is 17.3 Å².